The molecule has 0 spiro atoms. The molecule has 1 amide bonds. The predicted molar refractivity (Wildman–Crippen MR) is 108 cm³/mol. The quantitative estimate of drug-likeness (QED) is 0.655. The minimum Gasteiger partial charge on any atom is -0.486 e. The number of carbonyl (C=O) groups is 2. The first-order valence-electron chi connectivity index (χ1n) is 9.27. The molecule has 6 nitrogen and oxygen atoms in total. The van der Waals surface area contributed by atoms with Crippen molar-refractivity contribution in [3.8, 4) is 5.75 Å². The third-order valence-corrected chi connectivity index (χ3v) is 5.84. The zero-order valence-electron chi connectivity index (χ0n) is 15.9. The van der Waals surface area contributed by atoms with Crippen LogP contribution in [0.25, 0.3) is 0 Å². The summed E-state index contributed by atoms with van der Waals surface area (Å²) in [7, 11) is 0. The molecule has 1 aromatic heterocycles. The van der Waals surface area contributed by atoms with Gasteiger partial charge in [-0.1, -0.05) is 11.6 Å². The van der Waals surface area contributed by atoms with Crippen molar-refractivity contribution in [3.63, 3.8) is 0 Å². The van der Waals surface area contributed by atoms with Crippen molar-refractivity contribution in [1.82, 2.24) is 9.88 Å². The summed E-state index contributed by atoms with van der Waals surface area (Å²) in [5.74, 6) is 0.0648. The topological polar surface area (TPSA) is 68.7 Å². The Balaban J connectivity index is 1.58. The van der Waals surface area contributed by atoms with E-state index in [2.05, 4.69) is 4.98 Å². The van der Waals surface area contributed by atoms with Crippen LogP contribution in [-0.2, 0) is 16.1 Å². The molecule has 1 aromatic carbocycles. The average molecular weight is 423 g/mol. The number of esters is 1. The Morgan fingerprint density at radius 3 is 2.96 bits per heavy atom. The zero-order valence-corrected chi connectivity index (χ0v) is 17.5. The summed E-state index contributed by atoms with van der Waals surface area (Å²) in [5, 5.41) is 3.15. The Hall–Kier alpha value is -2.12. The molecule has 150 valence electrons. The van der Waals surface area contributed by atoms with Gasteiger partial charge in [-0.15, -0.1) is 11.3 Å². The molecule has 3 rings (SSSR count). The molecule has 1 aliphatic heterocycles. The van der Waals surface area contributed by atoms with E-state index in [0.717, 1.165) is 23.4 Å². The molecule has 1 fully saturated rings. The van der Waals surface area contributed by atoms with Gasteiger partial charge in [0.1, 0.15) is 23.1 Å². The molecule has 8 heteroatoms. The summed E-state index contributed by atoms with van der Waals surface area (Å²) < 4.78 is 10.8. The largest absolute Gasteiger partial charge is 0.486 e. The van der Waals surface area contributed by atoms with Crippen LogP contribution in [0.2, 0.25) is 5.02 Å². The maximum Gasteiger partial charge on any atom is 0.310 e. The van der Waals surface area contributed by atoms with E-state index in [0.29, 0.717) is 36.2 Å². The number of thiazole rings is 1. The number of piperidine rings is 1. The maximum atomic E-state index is 12.8. The summed E-state index contributed by atoms with van der Waals surface area (Å²) in [6, 6.07) is 5.46. The summed E-state index contributed by atoms with van der Waals surface area (Å²) >= 11 is 7.40. The van der Waals surface area contributed by atoms with Gasteiger partial charge in [-0.3, -0.25) is 9.59 Å². The predicted octanol–water partition coefficient (Wildman–Crippen LogP) is 4.10. The standard InChI is InChI=1S/C20H23ClN2O4S/c1-3-26-20(25)14-5-4-8-23(10-14)19(24)17-12-28-18(22-17)11-27-15-6-7-16(21)13(2)9-15/h6-7,9,12,14H,3-5,8,10-11H2,1-2H3/t14-/m1/s1. The Bertz CT molecular complexity index is 854. The van der Waals surface area contributed by atoms with E-state index in [-0.39, 0.29) is 24.4 Å². The van der Waals surface area contributed by atoms with Crippen molar-refractivity contribution in [1.29, 1.82) is 0 Å². The highest BCUT2D eigenvalue weighted by atomic mass is 35.5. The Kier molecular flexibility index (Phi) is 6.91. The summed E-state index contributed by atoms with van der Waals surface area (Å²) in [6.07, 6.45) is 1.53. The summed E-state index contributed by atoms with van der Waals surface area (Å²) in [6.45, 7) is 5.34. The van der Waals surface area contributed by atoms with Gasteiger partial charge in [-0.25, -0.2) is 4.98 Å². The molecule has 28 heavy (non-hydrogen) atoms. The number of aromatic nitrogens is 1. The molecule has 1 atom stereocenters. The molecule has 0 radical (unpaired) electrons. The van der Waals surface area contributed by atoms with Crippen molar-refractivity contribution in [3.05, 3.63) is 44.9 Å². The number of aryl methyl sites for hydroxylation is 1. The molecule has 2 heterocycles. The minimum absolute atomic E-state index is 0.154. The van der Waals surface area contributed by atoms with E-state index < -0.39 is 0 Å². The lowest BCUT2D eigenvalue weighted by Gasteiger charge is -2.31. The number of benzene rings is 1. The molecule has 0 N–H and O–H groups in total. The molecule has 0 aliphatic carbocycles. The number of hydrogen-bond donors (Lipinski definition) is 0. The molecular formula is C20H23ClN2O4S. The fourth-order valence-electron chi connectivity index (χ4n) is 3.10. The second kappa shape index (κ2) is 9.39. The van der Waals surface area contributed by atoms with E-state index in [1.54, 1.807) is 29.3 Å². The highest BCUT2D eigenvalue weighted by Crippen LogP contribution is 2.23. The molecular weight excluding hydrogens is 400 g/mol. The number of carbonyl (C=O) groups excluding carboxylic acids is 2. The van der Waals surface area contributed by atoms with Crippen LogP contribution in [0.3, 0.4) is 0 Å². The minimum atomic E-state index is -0.257. The second-order valence-corrected chi connectivity index (χ2v) is 8.02. The van der Waals surface area contributed by atoms with E-state index in [1.165, 1.54) is 11.3 Å². The van der Waals surface area contributed by atoms with Crippen LogP contribution in [0.5, 0.6) is 5.75 Å². The van der Waals surface area contributed by atoms with Gasteiger partial charge in [0.25, 0.3) is 5.91 Å². The Morgan fingerprint density at radius 2 is 2.21 bits per heavy atom. The Morgan fingerprint density at radius 1 is 1.39 bits per heavy atom. The number of likely N-dealkylation sites (tertiary alicyclic amines) is 1. The third-order valence-electron chi connectivity index (χ3n) is 4.59. The van der Waals surface area contributed by atoms with Gasteiger partial charge in [-0.05, 0) is 50.5 Å². The number of nitrogens with zero attached hydrogens (tertiary/aromatic N) is 2. The molecule has 2 aromatic rings. The SMILES string of the molecule is CCOC(=O)[C@@H]1CCCN(C(=O)c2csc(COc3ccc(Cl)c(C)c3)n2)C1. The first-order valence-corrected chi connectivity index (χ1v) is 10.5. The van der Waals surface area contributed by atoms with Gasteiger partial charge in [-0.2, -0.15) is 0 Å². The lowest BCUT2D eigenvalue weighted by atomic mass is 9.98. The van der Waals surface area contributed by atoms with Crippen LogP contribution in [0, 0.1) is 12.8 Å². The number of rotatable bonds is 6. The van der Waals surface area contributed by atoms with Gasteiger partial charge in [0, 0.05) is 23.5 Å². The molecule has 0 unspecified atom stereocenters. The van der Waals surface area contributed by atoms with Crippen molar-refractivity contribution < 1.29 is 19.1 Å². The normalized spacial score (nSPS) is 16.7. The van der Waals surface area contributed by atoms with Gasteiger partial charge in [0.15, 0.2) is 0 Å². The molecule has 0 saturated carbocycles. The number of halogens is 1. The van der Waals surface area contributed by atoms with Gasteiger partial charge in [0.05, 0.1) is 12.5 Å². The van der Waals surface area contributed by atoms with E-state index in [9.17, 15) is 9.59 Å². The van der Waals surface area contributed by atoms with Crippen LogP contribution in [0.15, 0.2) is 23.6 Å². The highest BCUT2D eigenvalue weighted by Gasteiger charge is 2.30. The first-order chi connectivity index (χ1) is 13.5. The fraction of sp³-hybridized carbons (Fsp3) is 0.450. The van der Waals surface area contributed by atoms with Crippen LogP contribution in [0.4, 0.5) is 0 Å². The first kappa shape index (κ1) is 20.6. The fourth-order valence-corrected chi connectivity index (χ4v) is 3.90. The van der Waals surface area contributed by atoms with Gasteiger partial charge < -0.3 is 14.4 Å². The molecule has 1 aliphatic rings. The van der Waals surface area contributed by atoms with Gasteiger partial charge >= 0.3 is 5.97 Å². The number of amides is 1. The van der Waals surface area contributed by atoms with Crippen molar-refractivity contribution in [2.45, 2.75) is 33.3 Å². The lowest BCUT2D eigenvalue weighted by Crippen LogP contribution is -2.43. The van der Waals surface area contributed by atoms with Crippen molar-refractivity contribution in [2.24, 2.45) is 5.92 Å². The Labute approximate surface area is 173 Å². The van der Waals surface area contributed by atoms with Crippen LogP contribution < -0.4 is 4.74 Å². The van der Waals surface area contributed by atoms with Crippen LogP contribution >= 0.6 is 22.9 Å². The van der Waals surface area contributed by atoms with E-state index in [4.69, 9.17) is 21.1 Å². The van der Waals surface area contributed by atoms with Gasteiger partial charge in [0.2, 0.25) is 0 Å². The lowest BCUT2D eigenvalue weighted by molar-refractivity contribution is -0.149. The monoisotopic (exact) mass is 422 g/mol. The van der Waals surface area contributed by atoms with E-state index >= 15 is 0 Å². The smallest absolute Gasteiger partial charge is 0.310 e. The van der Waals surface area contributed by atoms with Crippen LogP contribution in [0.1, 0.15) is 40.8 Å². The zero-order chi connectivity index (χ0) is 20.1. The van der Waals surface area contributed by atoms with E-state index in [1.807, 2.05) is 13.0 Å². The van der Waals surface area contributed by atoms with Crippen molar-refractivity contribution in [2.75, 3.05) is 19.7 Å². The number of hydrogen-bond acceptors (Lipinski definition) is 6. The van der Waals surface area contributed by atoms with Crippen molar-refractivity contribution >= 4 is 34.8 Å². The van der Waals surface area contributed by atoms with Crippen LogP contribution in [-0.4, -0.2) is 41.5 Å². The summed E-state index contributed by atoms with van der Waals surface area (Å²) in [4.78, 5) is 30.8. The number of ether oxygens (including phenoxy) is 2. The maximum absolute atomic E-state index is 12.8. The molecule has 0 bridgehead atoms. The summed E-state index contributed by atoms with van der Waals surface area (Å²) in [5.41, 5.74) is 1.33. The third kappa shape index (κ3) is 5.02. The second-order valence-electron chi connectivity index (χ2n) is 6.67. The highest BCUT2D eigenvalue weighted by molar-refractivity contribution is 7.09. The molecule has 1 saturated heterocycles. The average Bonchev–Trinajstić information content (AvgIpc) is 3.17.